The lowest BCUT2D eigenvalue weighted by atomic mass is 9.94. The molecule has 19 heavy (non-hydrogen) atoms. The Morgan fingerprint density at radius 1 is 1.37 bits per heavy atom. The molecule has 0 aromatic carbocycles. The van der Waals surface area contributed by atoms with Crippen molar-refractivity contribution in [1.82, 2.24) is 20.4 Å². The van der Waals surface area contributed by atoms with Gasteiger partial charge in [0.15, 0.2) is 5.82 Å². The maximum Gasteiger partial charge on any atom is 0.232 e. The molecule has 3 heterocycles. The number of aromatic nitrogens is 2. The average Bonchev–Trinajstić information content (AvgIpc) is 2.94. The van der Waals surface area contributed by atoms with Crippen LogP contribution in [0.5, 0.6) is 0 Å². The third-order valence-electron chi connectivity index (χ3n) is 4.15. The van der Waals surface area contributed by atoms with Gasteiger partial charge < -0.3 is 9.84 Å². The van der Waals surface area contributed by atoms with Gasteiger partial charge in [-0.25, -0.2) is 0 Å². The first kappa shape index (κ1) is 13.1. The van der Waals surface area contributed by atoms with Gasteiger partial charge in [-0.15, -0.1) is 0 Å². The Morgan fingerprint density at radius 3 is 2.89 bits per heavy atom. The molecule has 2 unspecified atom stereocenters. The second kappa shape index (κ2) is 4.87. The van der Waals surface area contributed by atoms with Crippen LogP contribution in [0.1, 0.15) is 45.3 Å². The third-order valence-corrected chi connectivity index (χ3v) is 4.15. The zero-order valence-corrected chi connectivity index (χ0v) is 12.1. The lowest BCUT2D eigenvalue weighted by molar-refractivity contribution is 0.289. The van der Waals surface area contributed by atoms with Crippen LogP contribution in [-0.2, 0) is 12.0 Å². The van der Waals surface area contributed by atoms with Gasteiger partial charge in [0.2, 0.25) is 5.89 Å². The molecule has 1 N–H and O–H groups in total. The minimum absolute atomic E-state index is 0.0637. The lowest BCUT2D eigenvalue weighted by Crippen LogP contribution is -2.40. The number of piperidine rings is 1. The van der Waals surface area contributed by atoms with Crippen molar-refractivity contribution in [3.63, 3.8) is 0 Å². The quantitative estimate of drug-likeness (QED) is 0.878. The van der Waals surface area contributed by atoms with E-state index in [1.54, 1.807) is 0 Å². The van der Waals surface area contributed by atoms with Crippen LogP contribution in [0.2, 0.25) is 0 Å². The largest absolute Gasteiger partial charge is 0.339 e. The molecule has 1 aromatic rings. The van der Waals surface area contributed by atoms with E-state index in [9.17, 15) is 0 Å². The molecule has 0 radical (unpaired) electrons. The summed E-state index contributed by atoms with van der Waals surface area (Å²) in [5.41, 5.74) is -0.0637. The molecule has 5 nitrogen and oxygen atoms in total. The molecule has 0 amide bonds. The minimum Gasteiger partial charge on any atom is -0.339 e. The number of hydrogen-bond acceptors (Lipinski definition) is 5. The van der Waals surface area contributed by atoms with E-state index in [1.807, 2.05) is 0 Å². The van der Waals surface area contributed by atoms with Gasteiger partial charge >= 0.3 is 0 Å². The highest BCUT2D eigenvalue weighted by atomic mass is 16.5. The van der Waals surface area contributed by atoms with E-state index in [-0.39, 0.29) is 5.41 Å². The third kappa shape index (κ3) is 2.82. The number of rotatable bonds is 2. The predicted octanol–water partition coefficient (Wildman–Crippen LogP) is 1.55. The Morgan fingerprint density at radius 2 is 2.21 bits per heavy atom. The summed E-state index contributed by atoms with van der Waals surface area (Å²) in [4.78, 5) is 6.97. The SMILES string of the molecule is CC(C)(C)c1nc(CN2CC3CCCNC3C2)no1. The van der Waals surface area contributed by atoms with Crippen LogP contribution in [0.4, 0.5) is 0 Å². The van der Waals surface area contributed by atoms with Gasteiger partial charge in [0.25, 0.3) is 0 Å². The Bertz CT molecular complexity index is 423. The summed E-state index contributed by atoms with van der Waals surface area (Å²) in [5.74, 6) is 2.36. The van der Waals surface area contributed by atoms with E-state index in [4.69, 9.17) is 4.52 Å². The summed E-state index contributed by atoms with van der Waals surface area (Å²) in [6, 6.07) is 0.669. The van der Waals surface area contributed by atoms with Crippen LogP contribution < -0.4 is 5.32 Å². The van der Waals surface area contributed by atoms with E-state index < -0.39 is 0 Å². The fourth-order valence-electron chi connectivity index (χ4n) is 3.09. The molecule has 0 spiro atoms. The fraction of sp³-hybridized carbons (Fsp3) is 0.857. The van der Waals surface area contributed by atoms with Crippen LogP contribution in [0, 0.1) is 5.92 Å². The predicted molar refractivity (Wildman–Crippen MR) is 72.8 cm³/mol. The van der Waals surface area contributed by atoms with E-state index in [1.165, 1.54) is 19.4 Å². The van der Waals surface area contributed by atoms with Crippen LogP contribution in [0.25, 0.3) is 0 Å². The fourth-order valence-corrected chi connectivity index (χ4v) is 3.09. The maximum atomic E-state index is 5.35. The average molecular weight is 264 g/mol. The molecular formula is C14H24N4O. The number of fused-ring (bicyclic) bond motifs is 1. The van der Waals surface area contributed by atoms with Gasteiger partial charge in [0.1, 0.15) is 0 Å². The molecule has 0 aliphatic carbocycles. The zero-order valence-electron chi connectivity index (χ0n) is 12.1. The molecule has 0 bridgehead atoms. The second-order valence-corrected chi connectivity index (χ2v) is 6.92. The van der Waals surface area contributed by atoms with E-state index in [0.29, 0.717) is 6.04 Å². The maximum absolute atomic E-state index is 5.35. The van der Waals surface area contributed by atoms with Crippen LogP contribution in [0.15, 0.2) is 4.52 Å². The molecule has 1 aromatic heterocycles. The van der Waals surface area contributed by atoms with E-state index >= 15 is 0 Å². The van der Waals surface area contributed by atoms with Gasteiger partial charge in [-0.05, 0) is 25.3 Å². The van der Waals surface area contributed by atoms with Gasteiger partial charge in [-0.2, -0.15) is 4.98 Å². The smallest absolute Gasteiger partial charge is 0.232 e. The molecule has 5 heteroatoms. The Balaban J connectivity index is 1.61. The highest BCUT2D eigenvalue weighted by Crippen LogP contribution is 2.26. The first-order chi connectivity index (χ1) is 9.02. The van der Waals surface area contributed by atoms with Crippen molar-refractivity contribution in [2.45, 2.75) is 51.6 Å². The van der Waals surface area contributed by atoms with Crippen molar-refractivity contribution >= 4 is 0 Å². The highest BCUT2D eigenvalue weighted by molar-refractivity contribution is 4.99. The van der Waals surface area contributed by atoms with Gasteiger partial charge in [-0.1, -0.05) is 25.9 Å². The summed E-state index contributed by atoms with van der Waals surface area (Å²) in [5, 5.41) is 7.74. The topological polar surface area (TPSA) is 54.2 Å². The number of likely N-dealkylation sites (tertiary alicyclic amines) is 1. The zero-order chi connectivity index (χ0) is 13.5. The van der Waals surface area contributed by atoms with Gasteiger partial charge in [-0.3, -0.25) is 4.90 Å². The molecular weight excluding hydrogens is 240 g/mol. The van der Waals surface area contributed by atoms with E-state index in [2.05, 4.69) is 41.1 Å². The van der Waals surface area contributed by atoms with Crippen molar-refractivity contribution in [2.75, 3.05) is 19.6 Å². The van der Waals surface area contributed by atoms with E-state index in [0.717, 1.165) is 37.3 Å². The molecule has 2 aliphatic rings. The standard InChI is InChI=1S/C14H24N4O/c1-14(2,3)13-16-12(17-19-13)9-18-7-10-5-4-6-15-11(10)8-18/h10-11,15H,4-9H2,1-3H3. The number of nitrogens with one attached hydrogen (secondary N) is 1. The Kier molecular flexibility index (Phi) is 3.35. The van der Waals surface area contributed by atoms with Crippen molar-refractivity contribution in [2.24, 2.45) is 5.92 Å². The van der Waals surface area contributed by atoms with Crippen LogP contribution in [0.3, 0.4) is 0 Å². The first-order valence-corrected chi connectivity index (χ1v) is 7.31. The van der Waals surface area contributed by atoms with Gasteiger partial charge in [0, 0.05) is 24.5 Å². The molecule has 0 saturated carbocycles. The monoisotopic (exact) mass is 264 g/mol. The summed E-state index contributed by atoms with van der Waals surface area (Å²) >= 11 is 0. The molecule has 2 aliphatic heterocycles. The van der Waals surface area contributed by atoms with Crippen molar-refractivity contribution in [3.05, 3.63) is 11.7 Å². The van der Waals surface area contributed by atoms with Crippen molar-refractivity contribution < 1.29 is 4.52 Å². The Labute approximate surface area is 114 Å². The van der Waals surface area contributed by atoms with Gasteiger partial charge in [0.05, 0.1) is 6.54 Å². The first-order valence-electron chi connectivity index (χ1n) is 7.31. The van der Waals surface area contributed by atoms with Crippen molar-refractivity contribution in [3.8, 4) is 0 Å². The van der Waals surface area contributed by atoms with Crippen LogP contribution >= 0.6 is 0 Å². The summed E-state index contributed by atoms with van der Waals surface area (Å²) in [6.07, 6.45) is 2.67. The molecule has 2 atom stereocenters. The number of nitrogens with zero attached hydrogens (tertiary/aromatic N) is 3. The summed E-state index contributed by atoms with van der Waals surface area (Å²) in [7, 11) is 0. The summed E-state index contributed by atoms with van der Waals surface area (Å²) < 4.78 is 5.35. The number of hydrogen-bond donors (Lipinski definition) is 1. The Hall–Kier alpha value is -0.940. The molecule has 2 fully saturated rings. The van der Waals surface area contributed by atoms with Crippen LogP contribution in [-0.4, -0.2) is 40.7 Å². The normalized spacial score (nSPS) is 28.6. The molecule has 106 valence electrons. The molecule has 2 saturated heterocycles. The summed E-state index contributed by atoms with van der Waals surface area (Å²) in [6.45, 7) is 10.6. The highest BCUT2D eigenvalue weighted by Gasteiger charge is 2.34. The molecule has 3 rings (SSSR count). The lowest BCUT2D eigenvalue weighted by Gasteiger charge is -2.24. The van der Waals surface area contributed by atoms with Crippen molar-refractivity contribution in [1.29, 1.82) is 0 Å². The minimum atomic E-state index is -0.0637. The second-order valence-electron chi connectivity index (χ2n) is 6.92.